The normalized spacial score (nSPS) is 22.7. The summed E-state index contributed by atoms with van der Waals surface area (Å²) in [7, 11) is 0. The molecule has 144 valence electrons. The van der Waals surface area contributed by atoms with Crippen molar-refractivity contribution in [2.45, 2.75) is 78.0 Å². The zero-order chi connectivity index (χ0) is 18.8. The van der Waals surface area contributed by atoms with Crippen LogP contribution in [0, 0.1) is 11.8 Å². The van der Waals surface area contributed by atoms with Crippen LogP contribution in [0.4, 0.5) is 4.79 Å². The number of likely N-dealkylation sites (tertiary alicyclic amines) is 1. The van der Waals surface area contributed by atoms with Crippen molar-refractivity contribution in [2.24, 2.45) is 17.6 Å². The Morgan fingerprint density at radius 1 is 1.24 bits per heavy atom. The molecule has 1 saturated carbocycles. The molecule has 0 spiro atoms. The molecule has 2 fully saturated rings. The van der Waals surface area contributed by atoms with E-state index in [1.807, 2.05) is 44.4 Å². The maximum Gasteiger partial charge on any atom is 0.410 e. The van der Waals surface area contributed by atoms with Crippen molar-refractivity contribution in [3.05, 3.63) is 0 Å². The number of piperidine rings is 1. The van der Waals surface area contributed by atoms with E-state index >= 15 is 0 Å². The van der Waals surface area contributed by atoms with Gasteiger partial charge in [0.25, 0.3) is 0 Å². The largest absolute Gasteiger partial charge is 0.444 e. The molecule has 25 heavy (non-hydrogen) atoms. The van der Waals surface area contributed by atoms with Gasteiger partial charge in [0.1, 0.15) is 5.60 Å². The van der Waals surface area contributed by atoms with Gasteiger partial charge >= 0.3 is 6.09 Å². The summed E-state index contributed by atoms with van der Waals surface area (Å²) in [5, 5.41) is 0. The first-order valence-corrected chi connectivity index (χ1v) is 9.62. The lowest BCUT2D eigenvalue weighted by Gasteiger charge is -2.37. The molecule has 2 amide bonds. The number of nitrogens with zero attached hydrogens (tertiary/aromatic N) is 2. The van der Waals surface area contributed by atoms with E-state index in [1.165, 1.54) is 0 Å². The topological polar surface area (TPSA) is 75.9 Å². The van der Waals surface area contributed by atoms with E-state index in [4.69, 9.17) is 10.5 Å². The maximum absolute atomic E-state index is 12.5. The number of nitrogens with two attached hydrogens (primary N) is 1. The molecule has 1 aliphatic heterocycles. The van der Waals surface area contributed by atoms with Crippen LogP contribution in [-0.4, -0.2) is 59.1 Å². The van der Waals surface area contributed by atoms with E-state index in [9.17, 15) is 9.59 Å². The van der Waals surface area contributed by atoms with Gasteiger partial charge in [0.05, 0.1) is 6.04 Å². The lowest BCUT2D eigenvalue weighted by atomic mass is 9.95. The Hall–Kier alpha value is -1.30. The summed E-state index contributed by atoms with van der Waals surface area (Å²) < 4.78 is 5.57. The van der Waals surface area contributed by atoms with E-state index < -0.39 is 11.6 Å². The van der Waals surface area contributed by atoms with Crippen LogP contribution in [0.5, 0.6) is 0 Å². The van der Waals surface area contributed by atoms with Crippen LogP contribution in [0.2, 0.25) is 0 Å². The second-order valence-corrected chi connectivity index (χ2v) is 8.93. The first-order chi connectivity index (χ1) is 11.6. The van der Waals surface area contributed by atoms with Crippen molar-refractivity contribution in [1.82, 2.24) is 9.80 Å². The number of amides is 2. The molecule has 2 atom stereocenters. The van der Waals surface area contributed by atoms with Crippen LogP contribution >= 0.6 is 0 Å². The lowest BCUT2D eigenvalue weighted by molar-refractivity contribution is -0.135. The van der Waals surface area contributed by atoms with Crippen LogP contribution in [0.25, 0.3) is 0 Å². The van der Waals surface area contributed by atoms with Crippen molar-refractivity contribution < 1.29 is 14.3 Å². The Labute approximate surface area is 152 Å². The summed E-state index contributed by atoms with van der Waals surface area (Å²) in [5.74, 6) is 0.470. The summed E-state index contributed by atoms with van der Waals surface area (Å²) in [5.41, 5.74) is 5.55. The molecule has 0 bridgehead atoms. The van der Waals surface area contributed by atoms with Crippen molar-refractivity contribution >= 4 is 12.0 Å². The Kier molecular flexibility index (Phi) is 6.35. The first-order valence-electron chi connectivity index (χ1n) is 9.62. The fourth-order valence-corrected chi connectivity index (χ4v) is 3.27. The van der Waals surface area contributed by atoms with Gasteiger partial charge in [0.2, 0.25) is 5.91 Å². The minimum absolute atomic E-state index is 0.0370. The van der Waals surface area contributed by atoms with Gasteiger partial charge in [-0.3, -0.25) is 4.79 Å². The average Bonchev–Trinajstić information content (AvgIpc) is 3.34. The highest BCUT2D eigenvalue weighted by Crippen LogP contribution is 2.31. The van der Waals surface area contributed by atoms with Crippen LogP contribution in [0.1, 0.15) is 60.3 Å². The Morgan fingerprint density at radius 3 is 2.40 bits per heavy atom. The van der Waals surface area contributed by atoms with Crippen LogP contribution in [0.15, 0.2) is 0 Å². The van der Waals surface area contributed by atoms with Gasteiger partial charge in [0.15, 0.2) is 0 Å². The monoisotopic (exact) mass is 353 g/mol. The van der Waals surface area contributed by atoms with E-state index in [-0.39, 0.29) is 17.9 Å². The van der Waals surface area contributed by atoms with E-state index in [1.54, 1.807) is 0 Å². The highest BCUT2D eigenvalue weighted by Gasteiger charge is 2.38. The number of hydrogen-bond acceptors (Lipinski definition) is 4. The zero-order valence-electron chi connectivity index (χ0n) is 16.5. The average molecular weight is 354 g/mol. The molecule has 6 heteroatoms. The van der Waals surface area contributed by atoms with Crippen LogP contribution in [-0.2, 0) is 9.53 Å². The van der Waals surface area contributed by atoms with Gasteiger partial charge in [0, 0.05) is 25.7 Å². The molecule has 2 aliphatic rings. The molecular weight excluding hydrogens is 318 g/mol. The summed E-state index contributed by atoms with van der Waals surface area (Å²) in [4.78, 5) is 28.8. The predicted octanol–water partition coefficient (Wildman–Crippen LogP) is 2.61. The molecular formula is C19H35N3O3. The second kappa shape index (κ2) is 7.94. The van der Waals surface area contributed by atoms with Crippen molar-refractivity contribution in [3.63, 3.8) is 0 Å². The molecule has 2 rings (SSSR count). The minimum Gasteiger partial charge on any atom is -0.444 e. The molecule has 2 N–H and O–H groups in total. The van der Waals surface area contributed by atoms with Gasteiger partial charge in [-0.25, -0.2) is 4.79 Å². The highest BCUT2D eigenvalue weighted by atomic mass is 16.6. The quantitative estimate of drug-likeness (QED) is 0.824. The van der Waals surface area contributed by atoms with E-state index in [0.29, 0.717) is 25.0 Å². The smallest absolute Gasteiger partial charge is 0.410 e. The molecule has 0 radical (unpaired) electrons. The summed E-state index contributed by atoms with van der Waals surface area (Å²) in [6.45, 7) is 11.7. The fraction of sp³-hybridized carbons (Fsp3) is 0.895. The standard InChI is InChI=1S/C19H35N3O3/c1-13(2)16(20)17(23)21-10-6-7-14(11-21)12-22(15-8-9-15)18(24)25-19(3,4)5/h13-16H,6-12,20H2,1-5H3. The van der Waals surface area contributed by atoms with Gasteiger partial charge in [-0.15, -0.1) is 0 Å². The summed E-state index contributed by atoms with van der Waals surface area (Å²) in [6, 6.07) is -0.136. The second-order valence-electron chi connectivity index (χ2n) is 8.93. The molecule has 6 nitrogen and oxygen atoms in total. The van der Waals surface area contributed by atoms with Crippen molar-refractivity contribution in [3.8, 4) is 0 Å². The fourth-order valence-electron chi connectivity index (χ4n) is 3.27. The third-order valence-electron chi connectivity index (χ3n) is 4.90. The SMILES string of the molecule is CC(C)C(N)C(=O)N1CCCC(CN(C(=O)OC(C)(C)C)C2CC2)C1. The highest BCUT2D eigenvalue weighted by molar-refractivity contribution is 5.82. The molecule has 1 saturated heterocycles. The molecule has 0 aromatic heterocycles. The van der Waals surface area contributed by atoms with Gasteiger partial charge < -0.3 is 20.3 Å². The lowest BCUT2D eigenvalue weighted by Crippen LogP contribution is -2.52. The Bertz CT molecular complexity index is 483. The molecule has 0 aromatic rings. The van der Waals surface area contributed by atoms with Gasteiger partial charge in [-0.05, 0) is 58.3 Å². The minimum atomic E-state index is -0.483. The van der Waals surface area contributed by atoms with E-state index in [2.05, 4.69) is 0 Å². The molecule has 2 unspecified atom stereocenters. The van der Waals surface area contributed by atoms with Gasteiger partial charge in [-0.1, -0.05) is 13.8 Å². The number of carbonyl (C=O) groups excluding carboxylic acids is 2. The Balaban J connectivity index is 1.95. The van der Waals surface area contributed by atoms with Gasteiger partial charge in [-0.2, -0.15) is 0 Å². The summed E-state index contributed by atoms with van der Waals surface area (Å²) >= 11 is 0. The molecule has 0 aromatic carbocycles. The number of ether oxygens (including phenoxy) is 1. The number of hydrogen-bond donors (Lipinski definition) is 1. The van der Waals surface area contributed by atoms with Crippen molar-refractivity contribution in [2.75, 3.05) is 19.6 Å². The maximum atomic E-state index is 12.5. The molecule has 1 heterocycles. The molecule has 1 aliphatic carbocycles. The Morgan fingerprint density at radius 2 is 1.88 bits per heavy atom. The number of carbonyl (C=O) groups is 2. The third-order valence-corrected chi connectivity index (χ3v) is 4.90. The van der Waals surface area contributed by atoms with Crippen LogP contribution in [0.3, 0.4) is 0 Å². The third kappa shape index (κ3) is 5.87. The van der Waals surface area contributed by atoms with E-state index in [0.717, 1.165) is 32.2 Å². The van der Waals surface area contributed by atoms with Crippen LogP contribution < -0.4 is 5.73 Å². The van der Waals surface area contributed by atoms with Crippen molar-refractivity contribution in [1.29, 1.82) is 0 Å². The first kappa shape index (κ1) is 20.0. The predicted molar refractivity (Wildman–Crippen MR) is 98.1 cm³/mol. The summed E-state index contributed by atoms with van der Waals surface area (Å²) in [6.07, 6.45) is 3.87. The zero-order valence-corrected chi connectivity index (χ0v) is 16.5. The number of rotatable bonds is 5.